The Bertz CT molecular complexity index is 941. The number of nitrogen functional groups attached to an aromatic ring is 1. The molecule has 0 fully saturated rings. The van der Waals surface area contributed by atoms with Crippen molar-refractivity contribution < 1.29 is 14.3 Å². The van der Waals surface area contributed by atoms with E-state index in [0.717, 1.165) is 16.9 Å². The zero-order valence-corrected chi connectivity index (χ0v) is 14.5. The fourth-order valence-corrected chi connectivity index (χ4v) is 2.56. The first-order valence-corrected chi connectivity index (χ1v) is 7.97. The van der Waals surface area contributed by atoms with Crippen LogP contribution in [0.4, 0.5) is 17.2 Å². The Balaban J connectivity index is 1.87. The van der Waals surface area contributed by atoms with Gasteiger partial charge >= 0.3 is 5.97 Å². The summed E-state index contributed by atoms with van der Waals surface area (Å²) in [6.45, 7) is 0. The van der Waals surface area contributed by atoms with Crippen LogP contribution in [-0.2, 0) is 4.74 Å². The molecule has 3 rings (SSSR count). The second kappa shape index (κ2) is 7.57. The molecule has 0 atom stereocenters. The van der Waals surface area contributed by atoms with Gasteiger partial charge in [0.2, 0.25) is 0 Å². The molecule has 0 saturated heterocycles. The molecule has 0 bridgehead atoms. The van der Waals surface area contributed by atoms with Gasteiger partial charge in [-0.1, -0.05) is 18.2 Å². The Morgan fingerprint density at radius 3 is 2.58 bits per heavy atom. The Morgan fingerprint density at radius 1 is 1.04 bits per heavy atom. The zero-order valence-electron chi connectivity index (χ0n) is 14.5. The number of benzene rings is 2. The average Bonchev–Trinajstić information content (AvgIpc) is 2.67. The Hall–Kier alpha value is -3.54. The Kier molecular flexibility index (Phi) is 5.03. The van der Waals surface area contributed by atoms with E-state index in [1.54, 1.807) is 18.2 Å². The first kappa shape index (κ1) is 17.3. The number of hydrogen-bond acceptors (Lipinski definition) is 6. The maximum Gasteiger partial charge on any atom is 0.341 e. The van der Waals surface area contributed by atoms with E-state index < -0.39 is 5.97 Å². The first-order chi connectivity index (χ1) is 12.6. The van der Waals surface area contributed by atoms with Crippen molar-refractivity contribution in [1.29, 1.82) is 0 Å². The number of hydrogen-bond donors (Lipinski definition) is 2. The zero-order chi connectivity index (χ0) is 18.5. The molecule has 0 aliphatic rings. The molecular formula is C20H19N3O3. The summed E-state index contributed by atoms with van der Waals surface area (Å²) < 4.78 is 10.0. The number of carbonyl (C=O) groups is 1. The molecule has 2 aromatic carbocycles. The van der Waals surface area contributed by atoms with Crippen LogP contribution >= 0.6 is 0 Å². The quantitative estimate of drug-likeness (QED) is 0.537. The van der Waals surface area contributed by atoms with Gasteiger partial charge in [0.15, 0.2) is 0 Å². The van der Waals surface area contributed by atoms with E-state index >= 15 is 0 Å². The standard InChI is InChI=1S/C20H19N3O3/c1-25-18-12-15(9-10-16(18)20(24)26-2)22-19-8-4-7-17(23-19)13-5-3-6-14(21)11-13/h3-12H,21H2,1-2H3,(H,22,23). The summed E-state index contributed by atoms with van der Waals surface area (Å²) in [5.74, 6) is 0.641. The Labute approximate surface area is 151 Å². The molecule has 0 amide bonds. The fourth-order valence-electron chi connectivity index (χ4n) is 2.56. The minimum absolute atomic E-state index is 0.363. The molecule has 1 heterocycles. The molecule has 0 spiro atoms. The van der Waals surface area contributed by atoms with Crippen molar-refractivity contribution in [2.24, 2.45) is 0 Å². The smallest absolute Gasteiger partial charge is 0.341 e. The molecule has 1 aromatic heterocycles. The number of aromatic nitrogens is 1. The third-order valence-electron chi connectivity index (χ3n) is 3.81. The van der Waals surface area contributed by atoms with Gasteiger partial charge < -0.3 is 20.5 Å². The number of rotatable bonds is 5. The number of nitrogens with zero attached hydrogens (tertiary/aromatic N) is 1. The summed E-state index contributed by atoms with van der Waals surface area (Å²) in [6.07, 6.45) is 0. The lowest BCUT2D eigenvalue weighted by Crippen LogP contribution is -2.04. The predicted molar refractivity (Wildman–Crippen MR) is 102 cm³/mol. The lowest BCUT2D eigenvalue weighted by Gasteiger charge is -2.11. The van der Waals surface area contributed by atoms with Crippen LogP contribution in [-0.4, -0.2) is 25.2 Å². The van der Waals surface area contributed by atoms with Crippen LogP contribution in [0.3, 0.4) is 0 Å². The number of nitrogens with two attached hydrogens (primary N) is 1. The minimum Gasteiger partial charge on any atom is -0.496 e. The highest BCUT2D eigenvalue weighted by Gasteiger charge is 2.13. The van der Waals surface area contributed by atoms with Crippen LogP contribution in [0.2, 0.25) is 0 Å². The van der Waals surface area contributed by atoms with Gasteiger partial charge in [-0.25, -0.2) is 9.78 Å². The lowest BCUT2D eigenvalue weighted by molar-refractivity contribution is 0.0597. The molecule has 6 heteroatoms. The SMILES string of the molecule is COC(=O)c1ccc(Nc2cccc(-c3cccc(N)c3)n2)cc1OC. The molecule has 3 aromatic rings. The number of anilines is 3. The predicted octanol–water partition coefficient (Wildman–Crippen LogP) is 3.87. The monoisotopic (exact) mass is 349 g/mol. The van der Waals surface area contributed by atoms with E-state index in [0.29, 0.717) is 22.8 Å². The maximum absolute atomic E-state index is 11.7. The van der Waals surface area contributed by atoms with Crippen molar-refractivity contribution in [3.63, 3.8) is 0 Å². The van der Waals surface area contributed by atoms with Crippen molar-refractivity contribution in [2.75, 3.05) is 25.3 Å². The number of ether oxygens (including phenoxy) is 2. The summed E-state index contributed by atoms with van der Waals surface area (Å²) in [5.41, 5.74) is 9.38. The summed E-state index contributed by atoms with van der Waals surface area (Å²) in [4.78, 5) is 16.4. The fraction of sp³-hybridized carbons (Fsp3) is 0.100. The van der Waals surface area contributed by atoms with Crippen LogP contribution in [0.15, 0.2) is 60.7 Å². The molecule has 6 nitrogen and oxygen atoms in total. The summed E-state index contributed by atoms with van der Waals surface area (Å²) in [7, 11) is 2.84. The molecule has 0 unspecified atom stereocenters. The van der Waals surface area contributed by atoms with Crippen LogP contribution in [0.5, 0.6) is 5.75 Å². The molecule has 0 aliphatic heterocycles. The highest BCUT2D eigenvalue weighted by atomic mass is 16.5. The van der Waals surface area contributed by atoms with Gasteiger partial charge in [-0.05, 0) is 36.4 Å². The van der Waals surface area contributed by atoms with Gasteiger partial charge in [0, 0.05) is 23.0 Å². The summed E-state index contributed by atoms with van der Waals surface area (Å²) in [5, 5.41) is 3.21. The Morgan fingerprint density at radius 2 is 1.85 bits per heavy atom. The van der Waals surface area contributed by atoms with Crippen LogP contribution in [0, 0.1) is 0 Å². The van der Waals surface area contributed by atoms with Gasteiger partial charge in [0.1, 0.15) is 17.1 Å². The van der Waals surface area contributed by atoms with Crippen molar-refractivity contribution in [3.05, 3.63) is 66.2 Å². The van der Waals surface area contributed by atoms with Crippen molar-refractivity contribution in [3.8, 4) is 17.0 Å². The number of methoxy groups -OCH3 is 2. The number of esters is 1. The maximum atomic E-state index is 11.7. The van der Waals surface area contributed by atoms with Gasteiger partial charge in [-0.2, -0.15) is 0 Å². The van der Waals surface area contributed by atoms with E-state index in [4.69, 9.17) is 15.2 Å². The van der Waals surface area contributed by atoms with Crippen LogP contribution < -0.4 is 15.8 Å². The lowest BCUT2D eigenvalue weighted by atomic mass is 10.1. The van der Waals surface area contributed by atoms with Crippen LogP contribution in [0.25, 0.3) is 11.3 Å². The van der Waals surface area contributed by atoms with Crippen molar-refractivity contribution in [2.45, 2.75) is 0 Å². The number of nitrogens with one attached hydrogen (secondary N) is 1. The average molecular weight is 349 g/mol. The van der Waals surface area contributed by atoms with Gasteiger partial charge in [-0.3, -0.25) is 0 Å². The molecule has 0 aliphatic carbocycles. The molecule has 26 heavy (non-hydrogen) atoms. The third-order valence-corrected chi connectivity index (χ3v) is 3.81. The summed E-state index contributed by atoms with van der Waals surface area (Å²) >= 11 is 0. The van der Waals surface area contributed by atoms with Crippen molar-refractivity contribution in [1.82, 2.24) is 4.98 Å². The minimum atomic E-state index is -0.449. The normalized spacial score (nSPS) is 10.2. The van der Waals surface area contributed by atoms with E-state index in [2.05, 4.69) is 10.3 Å². The highest BCUT2D eigenvalue weighted by Crippen LogP contribution is 2.27. The first-order valence-electron chi connectivity index (χ1n) is 7.97. The highest BCUT2D eigenvalue weighted by molar-refractivity contribution is 5.93. The van der Waals surface area contributed by atoms with Gasteiger partial charge in [0.25, 0.3) is 0 Å². The number of carbonyl (C=O) groups excluding carboxylic acids is 1. The van der Waals surface area contributed by atoms with Gasteiger partial charge in [0.05, 0.1) is 19.9 Å². The molecule has 132 valence electrons. The van der Waals surface area contributed by atoms with Crippen LogP contribution in [0.1, 0.15) is 10.4 Å². The molecule has 0 radical (unpaired) electrons. The van der Waals surface area contributed by atoms with E-state index in [1.165, 1.54) is 14.2 Å². The molecule has 3 N–H and O–H groups in total. The largest absolute Gasteiger partial charge is 0.496 e. The molecular weight excluding hydrogens is 330 g/mol. The second-order valence-corrected chi connectivity index (χ2v) is 5.57. The summed E-state index contributed by atoms with van der Waals surface area (Å²) in [6, 6.07) is 18.4. The van der Waals surface area contributed by atoms with Crippen molar-refractivity contribution >= 4 is 23.2 Å². The van der Waals surface area contributed by atoms with E-state index in [9.17, 15) is 4.79 Å². The van der Waals surface area contributed by atoms with E-state index in [1.807, 2.05) is 42.5 Å². The van der Waals surface area contributed by atoms with Gasteiger partial charge in [-0.15, -0.1) is 0 Å². The second-order valence-electron chi connectivity index (χ2n) is 5.57. The third kappa shape index (κ3) is 3.75. The topological polar surface area (TPSA) is 86.5 Å². The van der Waals surface area contributed by atoms with E-state index in [-0.39, 0.29) is 0 Å². The number of pyridine rings is 1. The molecule has 0 saturated carbocycles.